The molecule has 0 amide bonds. The zero-order valence-corrected chi connectivity index (χ0v) is 11.2. The summed E-state index contributed by atoms with van der Waals surface area (Å²) in [6.45, 7) is 5.33. The Balaban J connectivity index is 3.01. The van der Waals surface area contributed by atoms with Gasteiger partial charge in [0, 0.05) is 5.69 Å². The van der Waals surface area contributed by atoms with E-state index in [0.29, 0.717) is 5.69 Å². The minimum atomic E-state index is -3.45. The molecule has 0 fully saturated rings. The van der Waals surface area contributed by atoms with Crippen molar-refractivity contribution >= 4 is 15.5 Å². The second kappa shape index (κ2) is 5.06. The summed E-state index contributed by atoms with van der Waals surface area (Å²) in [5.74, 6) is -0.340. The van der Waals surface area contributed by atoms with Gasteiger partial charge < -0.3 is 10.8 Å². The molecule has 0 radical (unpaired) electrons. The number of anilines is 1. The number of nitrogen functional groups attached to an aromatic ring is 1. The molecular formula is C12H19NO3S. The van der Waals surface area contributed by atoms with Gasteiger partial charge in [0.15, 0.2) is 9.84 Å². The molecule has 0 aliphatic carbocycles. The van der Waals surface area contributed by atoms with Gasteiger partial charge in [-0.25, -0.2) is 8.42 Å². The van der Waals surface area contributed by atoms with Crippen LogP contribution in [0.5, 0.6) is 0 Å². The van der Waals surface area contributed by atoms with Crippen molar-refractivity contribution in [2.75, 3.05) is 11.5 Å². The van der Waals surface area contributed by atoms with Crippen LogP contribution in [-0.4, -0.2) is 25.4 Å². The Hall–Kier alpha value is -1.07. The second-order valence-corrected chi connectivity index (χ2v) is 6.65. The Morgan fingerprint density at radius 2 is 1.94 bits per heavy atom. The Kier molecular flexibility index (Phi) is 4.16. The maximum Gasteiger partial charge on any atom is 0.180 e. The van der Waals surface area contributed by atoms with Crippen molar-refractivity contribution in [3.63, 3.8) is 0 Å². The number of aliphatic hydroxyl groups excluding tert-OH is 1. The number of hydrogen-bond donors (Lipinski definition) is 2. The van der Waals surface area contributed by atoms with E-state index in [1.807, 2.05) is 0 Å². The highest BCUT2D eigenvalue weighted by molar-refractivity contribution is 7.91. The first kappa shape index (κ1) is 14.0. The number of aryl methyl sites for hydroxylation is 1. The first-order chi connectivity index (χ1) is 7.74. The van der Waals surface area contributed by atoms with Crippen LogP contribution in [0, 0.1) is 12.8 Å². The molecule has 1 unspecified atom stereocenters. The van der Waals surface area contributed by atoms with E-state index < -0.39 is 15.9 Å². The van der Waals surface area contributed by atoms with E-state index in [0.717, 1.165) is 5.56 Å². The molecule has 0 aliphatic heterocycles. The van der Waals surface area contributed by atoms with Crippen LogP contribution in [0.15, 0.2) is 23.1 Å². The summed E-state index contributed by atoms with van der Waals surface area (Å²) in [5.41, 5.74) is 6.93. The lowest BCUT2D eigenvalue weighted by molar-refractivity contribution is 0.147. The van der Waals surface area contributed by atoms with Crippen molar-refractivity contribution in [2.24, 2.45) is 5.92 Å². The molecule has 96 valence electrons. The molecule has 3 N–H and O–H groups in total. The molecule has 5 heteroatoms. The molecule has 1 aromatic rings. The Labute approximate surface area is 102 Å². The van der Waals surface area contributed by atoms with E-state index in [1.165, 1.54) is 12.1 Å². The SMILES string of the molecule is Cc1cc(S(=O)(=O)CC(O)C(C)C)ccc1N. The summed E-state index contributed by atoms with van der Waals surface area (Å²) in [7, 11) is -3.45. The average Bonchev–Trinajstić information content (AvgIpc) is 2.21. The largest absolute Gasteiger partial charge is 0.399 e. The van der Waals surface area contributed by atoms with Crippen LogP contribution in [0.1, 0.15) is 19.4 Å². The summed E-state index contributed by atoms with van der Waals surface area (Å²) >= 11 is 0. The maximum atomic E-state index is 12.0. The van der Waals surface area contributed by atoms with Crippen LogP contribution < -0.4 is 5.73 Å². The maximum absolute atomic E-state index is 12.0. The van der Waals surface area contributed by atoms with Gasteiger partial charge in [0.2, 0.25) is 0 Å². The quantitative estimate of drug-likeness (QED) is 0.798. The topological polar surface area (TPSA) is 80.4 Å². The first-order valence-corrected chi connectivity index (χ1v) is 7.16. The van der Waals surface area contributed by atoms with E-state index >= 15 is 0 Å². The minimum absolute atomic E-state index is 0.0837. The zero-order chi connectivity index (χ0) is 13.2. The highest BCUT2D eigenvalue weighted by atomic mass is 32.2. The van der Waals surface area contributed by atoms with Crippen molar-refractivity contribution in [2.45, 2.75) is 31.8 Å². The van der Waals surface area contributed by atoms with E-state index in [-0.39, 0.29) is 16.6 Å². The van der Waals surface area contributed by atoms with E-state index in [4.69, 9.17) is 5.73 Å². The highest BCUT2D eigenvalue weighted by Gasteiger charge is 2.22. The predicted molar refractivity (Wildman–Crippen MR) is 68.5 cm³/mol. The Morgan fingerprint density at radius 3 is 2.41 bits per heavy atom. The highest BCUT2D eigenvalue weighted by Crippen LogP contribution is 2.19. The molecule has 17 heavy (non-hydrogen) atoms. The van der Waals surface area contributed by atoms with Gasteiger partial charge in [0.25, 0.3) is 0 Å². The first-order valence-electron chi connectivity index (χ1n) is 5.51. The van der Waals surface area contributed by atoms with Crippen molar-refractivity contribution in [3.05, 3.63) is 23.8 Å². The standard InChI is InChI=1S/C12H19NO3S/c1-8(2)12(14)7-17(15,16)10-4-5-11(13)9(3)6-10/h4-6,8,12,14H,7,13H2,1-3H3. The summed E-state index contributed by atoms with van der Waals surface area (Å²) in [6, 6.07) is 4.59. The van der Waals surface area contributed by atoms with Crippen LogP contribution in [0.3, 0.4) is 0 Å². The number of aliphatic hydroxyl groups is 1. The molecular weight excluding hydrogens is 238 g/mol. The molecule has 1 rings (SSSR count). The Morgan fingerprint density at radius 1 is 1.35 bits per heavy atom. The van der Waals surface area contributed by atoms with Gasteiger partial charge in [-0.1, -0.05) is 13.8 Å². The van der Waals surface area contributed by atoms with E-state index in [9.17, 15) is 13.5 Å². The van der Waals surface area contributed by atoms with Crippen molar-refractivity contribution in [1.29, 1.82) is 0 Å². The van der Waals surface area contributed by atoms with Crippen LogP contribution in [0.4, 0.5) is 5.69 Å². The van der Waals surface area contributed by atoms with Crippen LogP contribution in [0.2, 0.25) is 0 Å². The monoisotopic (exact) mass is 257 g/mol. The van der Waals surface area contributed by atoms with Gasteiger partial charge in [-0.3, -0.25) is 0 Å². The summed E-state index contributed by atoms with van der Waals surface area (Å²) in [6.07, 6.45) is -0.849. The average molecular weight is 257 g/mol. The van der Waals surface area contributed by atoms with Crippen molar-refractivity contribution < 1.29 is 13.5 Å². The molecule has 0 saturated carbocycles. The fourth-order valence-corrected chi connectivity index (χ4v) is 3.01. The zero-order valence-electron chi connectivity index (χ0n) is 10.3. The summed E-state index contributed by atoms with van der Waals surface area (Å²) < 4.78 is 24.0. The lowest BCUT2D eigenvalue weighted by Gasteiger charge is -2.15. The van der Waals surface area contributed by atoms with Gasteiger partial charge in [-0.15, -0.1) is 0 Å². The van der Waals surface area contributed by atoms with Crippen LogP contribution in [-0.2, 0) is 9.84 Å². The summed E-state index contributed by atoms with van der Waals surface area (Å²) in [4.78, 5) is 0.212. The smallest absolute Gasteiger partial charge is 0.180 e. The molecule has 0 heterocycles. The minimum Gasteiger partial charge on any atom is -0.399 e. The third-order valence-corrected chi connectivity index (χ3v) is 4.51. The third-order valence-electron chi connectivity index (χ3n) is 2.76. The van der Waals surface area contributed by atoms with Crippen LogP contribution >= 0.6 is 0 Å². The number of nitrogens with two attached hydrogens (primary N) is 1. The summed E-state index contributed by atoms with van der Waals surface area (Å²) in [5, 5.41) is 9.64. The molecule has 0 aliphatic rings. The Bertz CT molecular complexity index is 494. The lowest BCUT2D eigenvalue weighted by atomic mass is 10.1. The molecule has 0 aromatic heterocycles. The van der Waals surface area contributed by atoms with E-state index in [1.54, 1.807) is 26.8 Å². The molecule has 1 atom stereocenters. The van der Waals surface area contributed by atoms with Crippen molar-refractivity contribution in [3.8, 4) is 0 Å². The molecule has 0 saturated heterocycles. The molecule has 1 aromatic carbocycles. The van der Waals surface area contributed by atoms with Gasteiger partial charge >= 0.3 is 0 Å². The molecule has 0 spiro atoms. The number of benzene rings is 1. The molecule has 4 nitrogen and oxygen atoms in total. The third kappa shape index (κ3) is 3.44. The van der Waals surface area contributed by atoms with Crippen molar-refractivity contribution in [1.82, 2.24) is 0 Å². The van der Waals surface area contributed by atoms with Gasteiger partial charge in [-0.2, -0.15) is 0 Å². The van der Waals surface area contributed by atoms with Gasteiger partial charge in [0.1, 0.15) is 0 Å². The second-order valence-electron chi connectivity index (χ2n) is 4.61. The fraction of sp³-hybridized carbons (Fsp3) is 0.500. The lowest BCUT2D eigenvalue weighted by Crippen LogP contribution is -2.25. The van der Waals surface area contributed by atoms with Gasteiger partial charge in [0.05, 0.1) is 16.8 Å². The number of sulfone groups is 1. The number of rotatable bonds is 4. The van der Waals surface area contributed by atoms with Gasteiger partial charge in [-0.05, 0) is 36.6 Å². The predicted octanol–water partition coefficient (Wildman–Crippen LogP) is 1.37. The van der Waals surface area contributed by atoms with Crippen LogP contribution in [0.25, 0.3) is 0 Å². The molecule has 0 bridgehead atoms. The number of hydrogen-bond acceptors (Lipinski definition) is 4. The normalized spacial score (nSPS) is 13.9. The fourth-order valence-electron chi connectivity index (χ4n) is 1.36. The van der Waals surface area contributed by atoms with E-state index in [2.05, 4.69) is 0 Å².